The summed E-state index contributed by atoms with van der Waals surface area (Å²) in [7, 11) is -3.78. The summed E-state index contributed by atoms with van der Waals surface area (Å²) in [6.07, 6.45) is 1.48. The summed E-state index contributed by atoms with van der Waals surface area (Å²) in [5.74, 6) is 0.488. The van der Waals surface area contributed by atoms with Gasteiger partial charge in [0.05, 0.1) is 26.0 Å². The van der Waals surface area contributed by atoms with Gasteiger partial charge in [-0.3, -0.25) is 0 Å². The van der Waals surface area contributed by atoms with E-state index in [2.05, 4.69) is 9.50 Å². The molecule has 0 amide bonds. The van der Waals surface area contributed by atoms with Crippen molar-refractivity contribution in [3.63, 3.8) is 0 Å². The van der Waals surface area contributed by atoms with E-state index >= 15 is 0 Å². The van der Waals surface area contributed by atoms with E-state index in [1.165, 1.54) is 23.4 Å². The summed E-state index contributed by atoms with van der Waals surface area (Å²) in [5.41, 5.74) is 1.07. The zero-order valence-electron chi connectivity index (χ0n) is 14.6. The highest BCUT2D eigenvalue weighted by molar-refractivity contribution is 7.90. The quantitative estimate of drug-likeness (QED) is 0.573. The van der Waals surface area contributed by atoms with Gasteiger partial charge in [-0.05, 0) is 42.8 Å². The molecule has 0 aliphatic carbocycles. The summed E-state index contributed by atoms with van der Waals surface area (Å²) < 4.78 is 33.6. The number of phenols is 1. The van der Waals surface area contributed by atoms with Gasteiger partial charge in [0.25, 0.3) is 10.0 Å². The van der Waals surface area contributed by atoms with Crippen LogP contribution < -0.4 is 4.74 Å². The Balaban J connectivity index is 1.94. The second-order valence-electron chi connectivity index (χ2n) is 5.64. The second kappa shape index (κ2) is 7.77. The Hall–Kier alpha value is -2.91. The van der Waals surface area contributed by atoms with Crippen molar-refractivity contribution in [3.8, 4) is 11.5 Å². The molecule has 1 aliphatic heterocycles. The van der Waals surface area contributed by atoms with Crippen LogP contribution in [0.1, 0.15) is 18.1 Å². The lowest BCUT2D eigenvalue weighted by molar-refractivity contribution is 0.254. The number of aliphatic hydroxyl groups excluding tert-OH is 1. The van der Waals surface area contributed by atoms with Gasteiger partial charge in [-0.1, -0.05) is 12.1 Å². The van der Waals surface area contributed by atoms with Gasteiger partial charge in [-0.25, -0.2) is 5.01 Å². The second-order valence-corrected chi connectivity index (χ2v) is 7.21. The molecule has 0 fully saturated rings. The SMILES string of the molecule is CCOc1cc(/C=N/N(CCO)C2=NS(=O)(=O)c3ccccc32)ccc1O. The monoisotopic (exact) mass is 389 g/mol. The lowest BCUT2D eigenvalue weighted by Crippen LogP contribution is -2.28. The Morgan fingerprint density at radius 1 is 1.26 bits per heavy atom. The Bertz CT molecular complexity index is 1000. The molecule has 0 atom stereocenters. The minimum Gasteiger partial charge on any atom is -0.504 e. The van der Waals surface area contributed by atoms with Crippen LogP contribution in [0.2, 0.25) is 0 Å². The number of nitrogens with zero attached hydrogens (tertiary/aromatic N) is 3. The number of fused-ring (bicyclic) bond motifs is 1. The number of hydrogen-bond acceptors (Lipinski definition) is 7. The highest BCUT2D eigenvalue weighted by atomic mass is 32.2. The normalized spacial score (nSPS) is 14.8. The molecule has 0 aromatic heterocycles. The molecule has 9 heteroatoms. The van der Waals surface area contributed by atoms with Crippen molar-refractivity contribution in [2.24, 2.45) is 9.50 Å². The first-order chi connectivity index (χ1) is 13.0. The smallest absolute Gasteiger partial charge is 0.285 e. The van der Waals surface area contributed by atoms with Crippen LogP contribution in [0.5, 0.6) is 11.5 Å². The number of hydrazone groups is 1. The summed E-state index contributed by atoms with van der Waals surface area (Å²) in [4.78, 5) is 0.112. The van der Waals surface area contributed by atoms with Crippen LogP contribution in [0, 0.1) is 0 Å². The molecule has 0 saturated carbocycles. The third-order valence-corrected chi connectivity index (χ3v) is 5.12. The van der Waals surface area contributed by atoms with Crippen molar-refractivity contribution in [1.29, 1.82) is 0 Å². The van der Waals surface area contributed by atoms with Crippen LogP contribution in [0.4, 0.5) is 0 Å². The molecular weight excluding hydrogens is 370 g/mol. The van der Waals surface area contributed by atoms with Gasteiger partial charge in [0.2, 0.25) is 0 Å². The molecule has 0 unspecified atom stereocenters. The molecule has 2 N–H and O–H groups in total. The average Bonchev–Trinajstić information content (AvgIpc) is 2.93. The number of rotatable bonds is 6. The van der Waals surface area contributed by atoms with Gasteiger partial charge in [-0.2, -0.15) is 13.5 Å². The number of sulfonamides is 1. The number of ether oxygens (including phenoxy) is 1. The van der Waals surface area contributed by atoms with Crippen molar-refractivity contribution in [2.45, 2.75) is 11.8 Å². The Morgan fingerprint density at radius 2 is 2.04 bits per heavy atom. The lowest BCUT2D eigenvalue weighted by Gasteiger charge is -2.17. The fraction of sp³-hybridized carbons (Fsp3) is 0.222. The third kappa shape index (κ3) is 3.93. The first-order valence-electron chi connectivity index (χ1n) is 8.29. The number of hydrogen-bond donors (Lipinski definition) is 2. The third-order valence-electron chi connectivity index (χ3n) is 3.80. The fourth-order valence-electron chi connectivity index (χ4n) is 2.61. The summed E-state index contributed by atoms with van der Waals surface area (Å²) in [6.45, 7) is 2.03. The highest BCUT2D eigenvalue weighted by Crippen LogP contribution is 2.28. The van der Waals surface area contributed by atoms with Crippen molar-refractivity contribution in [2.75, 3.05) is 19.8 Å². The Morgan fingerprint density at radius 3 is 2.78 bits per heavy atom. The van der Waals surface area contributed by atoms with Crippen LogP contribution in [-0.2, 0) is 10.0 Å². The van der Waals surface area contributed by atoms with Crippen LogP contribution in [-0.4, -0.2) is 55.4 Å². The Kier molecular flexibility index (Phi) is 5.43. The molecule has 0 bridgehead atoms. The van der Waals surface area contributed by atoms with Gasteiger partial charge < -0.3 is 14.9 Å². The minimum atomic E-state index is -3.78. The van der Waals surface area contributed by atoms with Gasteiger partial charge in [0, 0.05) is 5.56 Å². The van der Waals surface area contributed by atoms with E-state index in [0.29, 0.717) is 23.5 Å². The van der Waals surface area contributed by atoms with Gasteiger partial charge in [0.1, 0.15) is 4.90 Å². The Labute approximate surface area is 157 Å². The predicted octanol–water partition coefficient (Wildman–Crippen LogP) is 1.57. The van der Waals surface area contributed by atoms with E-state index in [1.807, 2.05) is 0 Å². The van der Waals surface area contributed by atoms with Gasteiger partial charge in [0.15, 0.2) is 17.3 Å². The predicted molar refractivity (Wildman–Crippen MR) is 101 cm³/mol. The molecule has 2 aromatic rings. The molecule has 3 rings (SSSR count). The molecule has 0 saturated heterocycles. The molecule has 2 aromatic carbocycles. The molecule has 142 valence electrons. The maximum atomic E-state index is 12.2. The van der Waals surface area contributed by atoms with Crippen LogP contribution in [0.25, 0.3) is 0 Å². The van der Waals surface area contributed by atoms with E-state index in [4.69, 9.17) is 4.74 Å². The van der Waals surface area contributed by atoms with Crippen molar-refractivity contribution in [1.82, 2.24) is 5.01 Å². The van der Waals surface area contributed by atoms with Crippen molar-refractivity contribution >= 4 is 22.1 Å². The topological polar surface area (TPSA) is 112 Å². The van der Waals surface area contributed by atoms with E-state index in [9.17, 15) is 18.6 Å². The number of benzene rings is 2. The lowest BCUT2D eigenvalue weighted by atomic mass is 10.2. The number of phenolic OH excluding ortho intramolecular Hbond substituents is 1. The molecule has 1 heterocycles. The number of aromatic hydroxyl groups is 1. The van der Waals surface area contributed by atoms with E-state index in [1.54, 1.807) is 37.3 Å². The zero-order valence-corrected chi connectivity index (χ0v) is 15.4. The van der Waals surface area contributed by atoms with E-state index < -0.39 is 10.0 Å². The minimum absolute atomic E-state index is 0.0152. The van der Waals surface area contributed by atoms with Crippen molar-refractivity contribution in [3.05, 3.63) is 53.6 Å². The zero-order chi connectivity index (χ0) is 19.4. The molecular formula is C18H19N3O5S. The van der Waals surface area contributed by atoms with Gasteiger partial charge in [-0.15, -0.1) is 4.40 Å². The first kappa shape index (κ1) is 18.9. The molecule has 8 nitrogen and oxygen atoms in total. The highest BCUT2D eigenvalue weighted by Gasteiger charge is 2.31. The van der Waals surface area contributed by atoms with E-state index in [0.717, 1.165) is 0 Å². The van der Waals surface area contributed by atoms with Crippen molar-refractivity contribution < 1.29 is 23.4 Å². The average molecular weight is 389 g/mol. The van der Waals surface area contributed by atoms with Crippen LogP contribution in [0.15, 0.2) is 56.9 Å². The van der Waals surface area contributed by atoms with Crippen LogP contribution >= 0.6 is 0 Å². The fourth-order valence-corrected chi connectivity index (χ4v) is 3.81. The maximum absolute atomic E-state index is 12.2. The molecule has 27 heavy (non-hydrogen) atoms. The number of amidine groups is 1. The number of aliphatic hydroxyl groups is 1. The molecule has 0 radical (unpaired) electrons. The van der Waals surface area contributed by atoms with E-state index in [-0.39, 0.29) is 29.6 Å². The van der Waals surface area contributed by atoms with Crippen LogP contribution in [0.3, 0.4) is 0 Å². The summed E-state index contributed by atoms with van der Waals surface area (Å²) in [6, 6.07) is 11.2. The maximum Gasteiger partial charge on any atom is 0.285 e. The van der Waals surface area contributed by atoms with Gasteiger partial charge >= 0.3 is 0 Å². The largest absolute Gasteiger partial charge is 0.504 e. The summed E-state index contributed by atoms with van der Waals surface area (Å²) >= 11 is 0. The summed E-state index contributed by atoms with van der Waals surface area (Å²) in [5, 5.41) is 24.7. The standard InChI is InChI=1S/C18H19N3O5S/c1-2-26-16-11-13(7-8-15(16)23)12-19-21(9-10-22)18-14-5-3-4-6-17(14)27(24,25)20-18/h3-8,11-12,22-23H,2,9-10H2,1H3/b19-12+. The molecule has 1 aliphatic rings. The first-order valence-corrected chi connectivity index (χ1v) is 9.73. The molecule has 0 spiro atoms.